The first-order valence-electron chi connectivity index (χ1n) is 8.12. The van der Waals surface area contributed by atoms with Gasteiger partial charge in [0.2, 0.25) is 5.91 Å². The molecule has 1 heterocycles. The molecule has 0 aromatic heterocycles. The molecule has 2 aromatic rings. The summed E-state index contributed by atoms with van der Waals surface area (Å²) in [5, 5.41) is 10.2. The highest BCUT2D eigenvalue weighted by Crippen LogP contribution is 2.26. The standard InChI is InChI=1S/C19H19F2NO3/c20-14-5-3-4-13(10-14)17(23)11-19(24)22-8-9-25-18(12-22)15-6-1-2-7-16(15)21/h1-7,10,17-18,23H,8-9,11-12H2. The van der Waals surface area contributed by atoms with Crippen molar-refractivity contribution >= 4 is 5.91 Å². The number of hydrogen-bond donors (Lipinski definition) is 1. The number of rotatable bonds is 4. The summed E-state index contributed by atoms with van der Waals surface area (Å²) in [6.07, 6.45) is -1.78. The third-order valence-electron chi connectivity index (χ3n) is 4.27. The van der Waals surface area contributed by atoms with Crippen molar-refractivity contribution in [3.8, 4) is 0 Å². The van der Waals surface area contributed by atoms with E-state index in [0.717, 1.165) is 0 Å². The number of aliphatic hydroxyl groups excluding tert-OH is 1. The molecular weight excluding hydrogens is 328 g/mol. The number of carbonyl (C=O) groups excluding carboxylic acids is 1. The van der Waals surface area contributed by atoms with Crippen LogP contribution >= 0.6 is 0 Å². The average Bonchev–Trinajstić information content (AvgIpc) is 2.62. The van der Waals surface area contributed by atoms with Crippen LogP contribution in [0, 0.1) is 11.6 Å². The van der Waals surface area contributed by atoms with Gasteiger partial charge in [0, 0.05) is 12.1 Å². The second-order valence-corrected chi connectivity index (χ2v) is 6.00. The molecule has 1 fully saturated rings. The van der Waals surface area contributed by atoms with E-state index in [1.807, 2.05) is 0 Å². The van der Waals surface area contributed by atoms with E-state index in [-0.39, 0.29) is 24.7 Å². The molecule has 132 valence electrons. The van der Waals surface area contributed by atoms with E-state index in [0.29, 0.717) is 24.3 Å². The van der Waals surface area contributed by atoms with Crippen molar-refractivity contribution in [3.05, 3.63) is 71.3 Å². The van der Waals surface area contributed by atoms with E-state index in [2.05, 4.69) is 0 Å². The number of morpholine rings is 1. The van der Waals surface area contributed by atoms with Gasteiger partial charge in [-0.25, -0.2) is 8.78 Å². The molecule has 0 saturated carbocycles. The smallest absolute Gasteiger partial charge is 0.225 e. The summed E-state index contributed by atoms with van der Waals surface area (Å²) in [7, 11) is 0. The van der Waals surface area contributed by atoms with E-state index in [4.69, 9.17) is 4.74 Å². The molecule has 3 rings (SSSR count). The fraction of sp³-hybridized carbons (Fsp3) is 0.316. The van der Waals surface area contributed by atoms with Crippen molar-refractivity contribution in [2.24, 2.45) is 0 Å². The molecule has 1 N–H and O–H groups in total. The summed E-state index contributed by atoms with van der Waals surface area (Å²) in [5.41, 5.74) is 0.762. The molecule has 2 unspecified atom stereocenters. The summed E-state index contributed by atoms with van der Waals surface area (Å²) in [6.45, 7) is 0.885. The van der Waals surface area contributed by atoms with E-state index < -0.39 is 18.0 Å². The molecule has 0 bridgehead atoms. The number of halogens is 2. The van der Waals surface area contributed by atoms with Gasteiger partial charge in [0.25, 0.3) is 0 Å². The van der Waals surface area contributed by atoms with Gasteiger partial charge in [-0.1, -0.05) is 30.3 Å². The molecule has 0 aliphatic carbocycles. The van der Waals surface area contributed by atoms with Crippen molar-refractivity contribution in [1.29, 1.82) is 0 Å². The molecule has 1 amide bonds. The van der Waals surface area contributed by atoms with E-state index in [1.165, 1.54) is 24.3 Å². The number of ether oxygens (including phenoxy) is 1. The van der Waals surface area contributed by atoms with Crippen LogP contribution in [-0.4, -0.2) is 35.6 Å². The van der Waals surface area contributed by atoms with Crippen LogP contribution in [0.1, 0.15) is 29.8 Å². The predicted molar refractivity (Wildman–Crippen MR) is 87.6 cm³/mol. The Bertz CT molecular complexity index is 753. The normalized spacial score (nSPS) is 18.8. The third kappa shape index (κ3) is 4.21. The molecule has 0 spiro atoms. The Morgan fingerprint density at radius 2 is 2.04 bits per heavy atom. The van der Waals surface area contributed by atoms with Crippen molar-refractivity contribution in [2.45, 2.75) is 18.6 Å². The van der Waals surface area contributed by atoms with E-state index >= 15 is 0 Å². The Morgan fingerprint density at radius 1 is 1.24 bits per heavy atom. The number of benzene rings is 2. The zero-order valence-corrected chi connectivity index (χ0v) is 13.6. The Labute approximate surface area is 144 Å². The van der Waals surface area contributed by atoms with Gasteiger partial charge in [-0.2, -0.15) is 0 Å². The van der Waals surface area contributed by atoms with Crippen LogP contribution < -0.4 is 0 Å². The predicted octanol–water partition coefficient (Wildman–Crippen LogP) is 2.99. The summed E-state index contributed by atoms with van der Waals surface area (Å²) in [5.74, 6) is -1.11. The van der Waals surface area contributed by atoms with Crippen LogP contribution in [-0.2, 0) is 9.53 Å². The van der Waals surface area contributed by atoms with E-state index in [1.54, 1.807) is 29.2 Å². The Kier molecular flexibility index (Phi) is 5.40. The van der Waals surface area contributed by atoms with Crippen molar-refractivity contribution in [3.63, 3.8) is 0 Å². The largest absolute Gasteiger partial charge is 0.388 e. The molecule has 25 heavy (non-hydrogen) atoms. The highest BCUT2D eigenvalue weighted by molar-refractivity contribution is 5.77. The first kappa shape index (κ1) is 17.5. The van der Waals surface area contributed by atoms with Crippen LogP contribution in [0.4, 0.5) is 8.78 Å². The van der Waals surface area contributed by atoms with Gasteiger partial charge < -0.3 is 14.7 Å². The number of aliphatic hydroxyl groups is 1. The third-order valence-corrected chi connectivity index (χ3v) is 4.27. The minimum absolute atomic E-state index is 0.159. The maximum atomic E-state index is 13.9. The summed E-state index contributed by atoms with van der Waals surface area (Å²) >= 11 is 0. The van der Waals surface area contributed by atoms with Gasteiger partial charge in [0.05, 0.1) is 25.7 Å². The van der Waals surface area contributed by atoms with Crippen LogP contribution in [0.25, 0.3) is 0 Å². The first-order valence-corrected chi connectivity index (χ1v) is 8.12. The molecule has 1 saturated heterocycles. The lowest BCUT2D eigenvalue weighted by Gasteiger charge is -2.33. The van der Waals surface area contributed by atoms with Gasteiger partial charge in [-0.15, -0.1) is 0 Å². The molecule has 0 radical (unpaired) electrons. The summed E-state index contributed by atoms with van der Waals surface area (Å²) < 4.78 is 32.7. The summed E-state index contributed by atoms with van der Waals surface area (Å²) in [4.78, 5) is 14.0. The number of nitrogens with zero attached hydrogens (tertiary/aromatic N) is 1. The maximum absolute atomic E-state index is 13.9. The van der Waals surface area contributed by atoms with Crippen molar-refractivity contribution < 1.29 is 23.4 Å². The molecule has 2 aromatic carbocycles. The molecule has 1 aliphatic rings. The fourth-order valence-electron chi connectivity index (χ4n) is 2.93. The molecular formula is C19H19F2NO3. The van der Waals surface area contributed by atoms with E-state index in [9.17, 15) is 18.7 Å². The Morgan fingerprint density at radius 3 is 2.80 bits per heavy atom. The fourth-order valence-corrected chi connectivity index (χ4v) is 2.93. The quantitative estimate of drug-likeness (QED) is 0.925. The zero-order chi connectivity index (χ0) is 17.8. The lowest BCUT2D eigenvalue weighted by Crippen LogP contribution is -2.42. The van der Waals surface area contributed by atoms with Crippen molar-refractivity contribution in [2.75, 3.05) is 19.7 Å². The highest BCUT2D eigenvalue weighted by atomic mass is 19.1. The second-order valence-electron chi connectivity index (χ2n) is 6.00. The van der Waals surface area contributed by atoms with Crippen molar-refractivity contribution in [1.82, 2.24) is 4.90 Å². The second kappa shape index (κ2) is 7.72. The first-order chi connectivity index (χ1) is 12.0. The van der Waals surface area contributed by atoms with Gasteiger partial charge in [0.15, 0.2) is 0 Å². The average molecular weight is 347 g/mol. The Hall–Kier alpha value is -2.31. The zero-order valence-electron chi connectivity index (χ0n) is 13.6. The number of hydrogen-bond acceptors (Lipinski definition) is 3. The monoisotopic (exact) mass is 347 g/mol. The van der Waals surface area contributed by atoms with Crippen LogP contribution in [0.3, 0.4) is 0 Å². The van der Waals surface area contributed by atoms with Gasteiger partial charge in [-0.3, -0.25) is 4.79 Å². The molecule has 4 nitrogen and oxygen atoms in total. The minimum atomic E-state index is -1.09. The molecule has 2 atom stereocenters. The number of amides is 1. The topological polar surface area (TPSA) is 49.8 Å². The summed E-state index contributed by atoms with van der Waals surface area (Å²) in [6, 6.07) is 11.8. The lowest BCUT2D eigenvalue weighted by molar-refractivity contribution is -0.141. The minimum Gasteiger partial charge on any atom is -0.388 e. The SMILES string of the molecule is O=C(CC(O)c1cccc(F)c1)N1CCOC(c2ccccc2F)C1. The Balaban J connectivity index is 1.65. The highest BCUT2D eigenvalue weighted by Gasteiger charge is 2.28. The maximum Gasteiger partial charge on any atom is 0.225 e. The van der Waals surface area contributed by atoms with Crippen LogP contribution in [0.5, 0.6) is 0 Å². The van der Waals surface area contributed by atoms with Gasteiger partial charge in [-0.05, 0) is 23.8 Å². The van der Waals surface area contributed by atoms with Crippen LogP contribution in [0.2, 0.25) is 0 Å². The molecule has 1 aliphatic heterocycles. The van der Waals surface area contributed by atoms with Gasteiger partial charge >= 0.3 is 0 Å². The van der Waals surface area contributed by atoms with Gasteiger partial charge in [0.1, 0.15) is 17.7 Å². The molecule has 6 heteroatoms. The number of carbonyl (C=O) groups is 1. The lowest BCUT2D eigenvalue weighted by atomic mass is 10.0. The van der Waals surface area contributed by atoms with Crippen LogP contribution in [0.15, 0.2) is 48.5 Å².